The highest BCUT2D eigenvalue weighted by molar-refractivity contribution is 14.0. The van der Waals surface area contributed by atoms with Gasteiger partial charge in [0, 0.05) is 25.4 Å². The number of carbonyl (C=O) groups excluding carboxylic acids is 1. The molecule has 1 amide bonds. The summed E-state index contributed by atoms with van der Waals surface area (Å²) in [6.45, 7) is 8.72. The van der Waals surface area contributed by atoms with Gasteiger partial charge in [-0.2, -0.15) is 0 Å². The minimum atomic E-state index is -0.275. The standard InChI is InChI=1S/C23H34N4O3.HI/c1-4-24-23(26-16-19(11-12-28)14-17(2)3)25-15-18-7-9-20(10-8-18)27-22(29)21-6-5-13-30-21;/h5-10,13,17,19,28H,4,11-12,14-16H2,1-3H3,(H,27,29)(H2,24,25,26);1H. The Morgan fingerprint density at radius 2 is 1.90 bits per heavy atom. The number of aliphatic imine (C=N–C) groups is 1. The van der Waals surface area contributed by atoms with E-state index >= 15 is 0 Å². The minimum Gasteiger partial charge on any atom is -0.459 e. The summed E-state index contributed by atoms with van der Waals surface area (Å²) in [5, 5.41) is 18.8. The molecule has 0 saturated carbocycles. The van der Waals surface area contributed by atoms with Crippen LogP contribution in [0.1, 0.15) is 49.7 Å². The first-order valence-corrected chi connectivity index (χ1v) is 10.6. The van der Waals surface area contributed by atoms with Crippen molar-refractivity contribution in [3.8, 4) is 0 Å². The fourth-order valence-electron chi connectivity index (χ4n) is 3.20. The average molecular weight is 542 g/mol. The van der Waals surface area contributed by atoms with Crippen LogP contribution in [0, 0.1) is 11.8 Å². The highest BCUT2D eigenvalue weighted by atomic mass is 127. The number of guanidine groups is 1. The van der Waals surface area contributed by atoms with Gasteiger partial charge in [0.2, 0.25) is 0 Å². The second kappa shape index (κ2) is 14.9. The Hall–Kier alpha value is -2.07. The second-order valence-electron chi connectivity index (χ2n) is 7.71. The van der Waals surface area contributed by atoms with Gasteiger partial charge in [0.05, 0.1) is 12.8 Å². The van der Waals surface area contributed by atoms with Crippen LogP contribution in [-0.4, -0.2) is 36.7 Å². The zero-order chi connectivity index (χ0) is 21.8. The van der Waals surface area contributed by atoms with Crippen molar-refractivity contribution >= 4 is 41.5 Å². The number of nitrogens with one attached hydrogen (secondary N) is 3. The molecule has 1 atom stereocenters. The van der Waals surface area contributed by atoms with Gasteiger partial charge in [-0.3, -0.25) is 4.79 Å². The van der Waals surface area contributed by atoms with Crippen molar-refractivity contribution in [1.82, 2.24) is 10.6 Å². The summed E-state index contributed by atoms with van der Waals surface area (Å²) in [4.78, 5) is 16.7. The number of aliphatic hydroxyl groups is 1. The predicted molar refractivity (Wildman–Crippen MR) is 136 cm³/mol. The second-order valence-corrected chi connectivity index (χ2v) is 7.71. The molecule has 8 heteroatoms. The van der Waals surface area contributed by atoms with Crippen molar-refractivity contribution in [1.29, 1.82) is 0 Å². The van der Waals surface area contributed by atoms with Gasteiger partial charge in [0.15, 0.2) is 11.7 Å². The Morgan fingerprint density at radius 1 is 1.16 bits per heavy atom. The number of halogens is 1. The maximum Gasteiger partial charge on any atom is 0.291 e. The lowest BCUT2D eigenvalue weighted by molar-refractivity contribution is 0.0996. The molecule has 1 unspecified atom stereocenters. The molecule has 0 saturated heterocycles. The van der Waals surface area contributed by atoms with Gasteiger partial charge in [-0.15, -0.1) is 24.0 Å². The molecule has 0 bridgehead atoms. The summed E-state index contributed by atoms with van der Waals surface area (Å²) < 4.78 is 5.10. The number of furan rings is 1. The van der Waals surface area contributed by atoms with E-state index in [1.165, 1.54) is 6.26 Å². The molecular weight excluding hydrogens is 507 g/mol. The van der Waals surface area contributed by atoms with Gasteiger partial charge < -0.3 is 25.5 Å². The first-order chi connectivity index (χ1) is 14.5. The van der Waals surface area contributed by atoms with Crippen LogP contribution >= 0.6 is 24.0 Å². The normalized spacial score (nSPS) is 12.2. The molecule has 31 heavy (non-hydrogen) atoms. The molecule has 172 valence electrons. The zero-order valence-electron chi connectivity index (χ0n) is 18.6. The number of benzene rings is 1. The first-order valence-electron chi connectivity index (χ1n) is 10.6. The van der Waals surface area contributed by atoms with Crippen LogP contribution in [-0.2, 0) is 6.54 Å². The number of hydrogen-bond acceptors (Lipinski definition) is 4. The molecule has 0 radical (unpaired) electrons. The smallest absolute Gasteiger partial charge is 0.291 e. The number of carbonyl (C=O) groups is 1. The molecule has 1 aromatic carbocycles. The molecule has 0 fully saturated rings. The van der Waals surface area contributed by atoms with Crippen LogP contribution in [0.25, 0.3) is 0 Å². The summed E-state index contributed by atoms with van der Waals surface area (Å²) in [7, 11) is 0. The van der Waals surface area contributed by atoms with E-state index in [1.807, 2.05) is 31.2 Å². The van der Waals surface area contributed by atoms with E-state index in [-0.39, 0.29) is 42.3 Å². The Labute approximate surface area is 202 Å². The van der Waals surface area contributed by atoms with Crippen molar-refractivity contribution in [3.05, 3.63) is 54.0 Å². The van der Waals surface area contributed by atoms with Crippen molar-refractivity contribution in [2.75, 3.05) is 25.0 Å². The van der Waals surface area contributed by atoms with Gasteiger partial charge in [-0.25, -0.2) is 4.99 Å². The number of anilines is 1. The van der Waals surface area contributed by atoms with E-state index in [0.717, 1.165) is 37.5 Å². The molecule has 0 aliphatic rings. The van der Waals surface area contributed by atoms with E-state index in [9.17, 15) is 9.90 Å². The Kier molecular flexibility index (Phi) is 12.9. The number of nitrogens with zero attached hydrogens (tertiary/aromatic N) is 1. The number of hydrogen-bond donors (Lipinski definition) is 4. The molecule has 1 heterocycles. The van der Waals surface area contributed by atoms with Crippen molar-refractivity contribution in [2.45, 2.75) is 40.2 Å². The minimum absolute atomic E-state index is 0. The Bertz CT molecular complexity index is 777. The van der Waals surface area contributed by atoms with Crippen LogP contribution in [0.3, 0.4) is 0 Å². The first kappa shape index (κ1) is 27.0. The van der Waals surface area contributed by atoms with Crippen LogP contribution in [0.2, 0.25) is 0 Å². The molecule has 0 aliphatic heterocycles. The number of aliphatic hydroxyl groups excluding tert-OH is 1. The summed E-state index contributed by atoms with van der Waals surface area (Å²) in [6.07, 6.45) is 3.33. The van der Waals surface area contributed by atoms with E-state index in [0.29, 0.717) is 24.1 Å². The lowest BCUT2D eigenvalue weighted by atomic mass is 9.94. The highest BCUT2D eigenvalue weighted by Crippen LogP contribution is 2.15. The predicted octanol–water partition coefficient (Wildman–Crippen LogP) is 4.25. The summed E-state index contributed by atoms with van der Waals surface area (Å²) in [5.41, 5.74) is 1.74. The maximum atomic E-state index is 12.0. The topological polar surface area (TPSA) is 98.9 Å². The molecular formula is C23H35IN4O3. The van der Waals surface area contributed by atoms with Gasteiger partial charge in [-0.1, -0.05) is 26.0 Å². The molecule has 7 nitrogen and oxygen atoms in total. The largest absolute Gasteiger partial charge is 0.459 e. The molecule has 0 aliphatic carbocycles. The Morgan fingerprint density at radius 3 is 2.48 bits per heavy atom. The third kappa shape index (κ3) is 10.2. The monoisotopic (exact) mass is 542 g/mol. The lowest BCUT2D eigenvalue weighted by Gasteiger charge is -2.20. The summed E-state index contributed by atoms with van der Waals surface area (Å²) >= 11 is 0. The van der Waals surface area contributed by atoms with E-state index in [1.54, 1.807) is 12.1 Å². The Balaban J connectivity index is 0.00000480. The fourth-order valence-corrected chi connectivity index (χ4v) is 3.20. The van der Waals surface area contributed by atoms with Crippen LogP contribution in [0.15, 0.2) is 52.1 Å². The van der Waals surface area contributed by atoms with Gasteiger partial charge in [-0.05, 0) is 61.4 Å². The third-order valence-electron chi connectivity index (χ3n) is 4.62. The SMILES string of the molecule is CCNC(=NCc1ccc(NC(=O)c2ccco2)cc1)NCC(CCO)CC(C)C.I. The average Bonchev–Trinajstić information content (AvgIpc) is 3.26. The van der Waals surface area contributed by atoms with Crippen molar-refractivity contribution in [3.63, 3.8) is 0 Å². The quantitative estimate of drug-likeness (QED) is 0.193. The number of rotatable bonds is 11. The lowest BCUT2D eigenvalue weighted by Crippen LogP contribution is -2.40. The van der Waals surface area contributed by atoms with E-state index in [4.69, 9.17) is 4.42 Å². The fraction of sp³-hybridized carbons (Fsp3) is 0.478. The highest BCUT2D eigenvalue weighted by Gasteiger charge is 2.11. The van der Waals surface area contributed by atoms with Crippen LogP contribution < -0.4 is 16.0 Å². The molecule has 1 aromatic heterocycles. The van der Waals surface area contributed by atoms with Gasteiger partial charge in [0.25, 0.3) is 5.91 Å². The van der Waals surface area contributed by atoms with Gasteiger partial charge in [0.1, 0.15) is 0 Å². The molecule has 2 aromatic rings. The van der Waals surface area contributed by atoms with Crippen LogP contribution in [0.4, 0.5) is 5.69 Å². The maximum absolute atomic E-state index is 12.0. The van der Waals surface area contributed by atoms with Crippen LogP contribution in [0.5, 0.6) is 0 Å². The summed E-state index contributed by atoms with van der Waals surface area (Å²) in [6, 6.07) is 10.9. The molecule has 2 rings (SSSR count). The molecule has 4 N–H and O–H groups in total. The van der Waals surface area contributed by atoms with E-state index in [2.05, 4.69) is 34.8 Å². The third-order valence-corrected chi connectivity index (χ3v) is 4.62. The van der Waals surface area contributed by atoms with Gasteiger partial charge >= 0.3 is 0 Å². The molecule has 0 spiro atoms. The van der Waals surface area contributed by atoms with Crippen molar-refractivity contribution in [2.24, 2.45) is 16.8 Å². The van der Waals surface area contributed by atoms with E-state index < -0.39 is 0 Å². The zero-order valence-corrected chi connectivity index (χ0v) is 20.9. The number of amides is 1. The summed E-state index contributed by atoms with van der Waals surface area (Å²) in [5.74, 6) is 1.77. The van der Waals surface area contributed by atoms with Crippen molar-refractivity contribution < 1.29 is 14.3 Å².